The number of likely N-dealkylation sites (N-methyl/N-ethyl adjacent to an activating group) is 2. The second-order valence-electron chi connectivity index (χ2n) is 32.2. The minimum absolute atomic E-state index is 0.0354. The molecule has 0 amide bonds. The predicted octanol–water partition coefficient (Wildman–Crippen LogP) is 13.6. The van der Waals surface area contributed by atoms with E-state index in [9.17, 15) is 84.0 Å². The molecule has 5 N–H and O–H groups in total. The lowest BCUT2D eigenvalue weighted by Gasteiger charge is -2.26. The number of aromatic nitrogens is 13. The van der Waals surface area contributed by atoms with E-state index in [4.69, 9.17) is 58.5 Å². The molecule has 146 heavy (non-hydrogen) atoms. The van der Waals surface area contributed by atoms with Gasteiger partial charge in [-0.1, -0.05) is 34.8 Å². The summed E-state index contributed by atoms with van der Waals surface area (Å²) in [4.78, 5) is 101. The van der Waals surface area contributed by atoms with E-state index >= 15 is 0 Å². The maximum Gasteiger partial charge on any atom is 0.276 e. The van der Waals surface area contributed by atoms with Crippen LogP contribution >= 0.6 is 46.1 Å². The van der Waals surface area contributed by atoms with Crippen LogP contribution in [0.2, 0.25) is 15.1 Å². The number of ketones is 1. The van der Waals surface area contributed by atoms with Crippen LogP contribution in [0.25, 0.3) is 67.1 Å². The van der Waals surface area contributed by atoms with E-state index in [1.807, 2.05) is 25.1 Å². The van der Waals surface area contributed by atoms with Gasteiger partial charge in [-0.15, -0.1) is 11.3 Å². The molecule has 1 fully saturated rings. The second-order valence-corrected chi connectivity index (χ2v) is 41.4. The Morgan fingerprint density at radius 1 is 0.445 bits per heavy atom. The van der Waals surface area contributed by atoms with Gasteiger partial charge in [-0.05, 0) is 164 Å². The van der Waals surface area contributed by atoms with Gasteiger partial charge in [0.05, 0.1) is 61.8 Å². The Hall–Kier alpha value is -14.5. The molecule has 13 aromatic heterocycles. The maximum atomic E-state index is 14.3. The van der Waals surface area contributed by atoms with Gasteiger partial charge in [0, 0.05) is 158 Å². The summed E-state index contributed by atoms with van der Waals surface area (Å²) < 4.78 is 229. The fourth-order valence-electron chi connectivity index (χ4n) is 14.2. The minimum atomic E-state index is -4.51. The smallest absolute Gasteiger partial charge is 0.276 e. The number of fused-ring (bicyclic) bond motifs is 4. The van der Waals surface area contributed by atoms with E-state index in [1.165, 1.54) is 106 Å². The lowest BCUT2D eigenvalue weighted by molar-refractivity contribution is -0.117. The number of unbranched alkanes of at least 4 members (excludes halogenated alkanes) is 1. The molecule has 762 valence electrons. The van der Waals surface area contributed by atoms with Crippen LogP contribution in [-0.2, 0) is 56.2 Å². The third-order valence-electron chi connectivity index (χ3n) is 21.3. The predicted molar refractivity (Wildman–Crippen MR) is 534 cm³/mol. The van der Waals surface area contributed by atoms with Crippen LogP contribution in [0.5, 0.6) is 23.5 Å². The number of sulfonamides is 4. The van der Waals surface area contributed by atoms with Crippen molar-refractivity contribution in [3.8, 4) is 68.0 Å². The van der Waals surface area contributed by atoms with Crippen molar-refractivity contribution in [2.75, 3.05) is 106 Å². The zero-order valence-corrected chi connectivity index (χ0v) is 84.1. The Kier molecular flexibility index (Phi) is 34.3. The number of ether oxygens (including phenoxy) is 5. The van der Waals surface area contributed by atoms with Gasteiger partial charge < -0.3 is 38.7 Å². The van der Waals surface area contributed by atoms with E-state index in [0.29, 0.717) is 154 Å². The van der Waals surface area contributed by atoms with Gasteiger partial charge in [0.25, 0.3) is 62.3 Å². The standard InChI is InChI=1S/C25H21ClF2N4O5S.C24H26N6O5S2.C23H20ClF2N5O4S.C22H18ClF2N5O4S/c1-15(33)4-2-3-9-37-24-21(31-38(35,36)22-7-6-18(27)11-20(22)28)10-17(12-30-24)16-5-8-23-29-13-19(26)25(34)32(23)14-16;1-15-24(36-16(2)27-15)37(32,33)28-20-10-18(11-26-22(20)34-3)17-4-5-21-25-12-19(23(31)30(21)14-17)13-29-6-8-35-9-7-29;1-30(2)7-8-35-22-19(29-36(33,34)20-5-4-16(25)10-18(20)26)9-15(11-28-22)14-3-6-21-27-12-17(24)23(32)31(21)13-14;1-26-6-7-34-21-18(29-35(32,33)19-4-3-15(24)9-17(19)25)8-14(10-28-21)13-2-5-20-27-11-16(23)22(31)30(20)12-13/h5-8,10-14,31H,2-4,9H2,1H3;4-5,10-12,14,28H,6-9,13H2,1-3H3;3-6,9-13,29H,7-8H2,1-2H3;2-5,8-12,26,29H,6-7H2,1H3. The number of benzene rings is 3. The van der Waals surface area contributed by atoms with Crippen molar-refractivity contribution < 1.29 is 88.5 Å². The third kappa shape index (κ3) is 26.2. The molecule has 0 atom stereocenters. The molecule has 17 rings (SSSR count). The molecule has 0 radical (unpaired) electrons. The van der Waals surface area contributed by atoms with Crippen LogP contribution in [0.4, 0.5) is 49.1 Å². The molecule has 0 aliphatic carbocycles. The minimum Gasteiger partial charge on any atom is -0.480 e. The van der Waals surface area contributed by atoms with Crippen molar-refractivity contribution in [1.29, 1.82) is 0 Å². The quantitative estimate of drug-likeness (QED) is 0.0188. The summed E-state index contributed by atoms with van der Waals surface area (Å²) in [6.07, 6.45) is 18.8. The number of carbonyl (C=O) groups excluding carboxylic acids is 1. The van der Waals surface area contributed by atoms with Crippen molar-refractivity contribution in [3.63, 3.8) is 0 Å². The fraction of sp³-hybridized carbons (Fsp3) is 0.213. The zero-order chi connectivity index (χ0) is 105. The summed E-state index contributed by atoms with van der Waals surface area (Å²) >= 11 is 18.8. The molecule has 38 nitrogen and oxygen atoms in total. The van der Waals surface area contributed by atoms with Crippen LogP contribution in [0, 0.1) is 48.8 Å². The lowest BCUT2D eigenvalue weighted by atomic mass is 10.1. The molecular formula is C94H85Cl3F6N20O18S5. The van der Waals surface area contributed by atoms with Gasteiger partial charge in [-0.25, -0.2) is 105 Å². The van der Waals surface area contributed by atoms with Gasteiger partial charge in [-0.3, -0.25) is 60.6 Å². The van der Waals surface area contributed by atoms with Crippen LogP contribution in [0.3, 0.4) is 0 Å². The topological polar surface area (TPSA) is 468 Å². The normalized spacial score (nSPS) is 12.4. The Labute approximate surface area is 846 Å². The Morgan fingerprint density at radius 3 is 1.16 bits per heavy atom. The highest BCUT2D eigenvalue weighted by atomic mass is 35.5. The molecular weight excluding hydrogens is 2080 g/mol. The molecule has 1 aliphatic heterocycles. The number of nitrogens with one attached hydrogen (secondary N) is 5. The van der Waals surface area contributed by atoms with Gasteiger partial charge in [0.15, 0.2) is 4.21 Å². The molecule has 52 heteroatoms. The van der Waals surface area contributed by atoms with E-state index in [0.717, 1.165) is 60.8 Å². The van der Waals surface area contributed by atoms with Crippen LogP contribution in [-0.4, -0.2) is 199 Å². The monoisotopic (exact) mass is 2160 g/mol. The number of morpholine rings is 1. The number of pyridine rings is 8. The highest BCUT2D eigenvalue weighted by molar-refractivity contribution is 7.95. The van der Waals surface area contributed by atoms with Crippen molar-refractivity contribution in [2.24, 2.45) is 0 Å². The molecule has 1 aliphatic rings. The first-order chi connectivity index (χ1) is 69.5. The van der Waals surface area contributed by atoms with Crippen LogP contribution in [0.15, 0.2) is 240 Å². The van der Waals surface area contributed by atoms with E-state index in [2.05, 4.69) is 74.0 Å². The fourth-order valence-corrected chi connectivity index (χ4v) is 20.4. The Morgan fingerprint density at radius 2 is 0.801 bits per heavy atom. The number of hydrogen-bond donors (Lipinski definition) is 5. The largest absolute Gasteiger partial charge is 0.480 e. The lowest BCUT2D eigenvalue weighted by Crippen LogP contribution is -2.37. The molecule has 0 spiro atoms. The summed E-state index contributed by atoms with van der Waals surface area (Å²) in [5.41, 5.74) is 4.82. The van der Waals surface area contributed by atoms with Gasteiger partial charge >= 0.3 is 0 Å². The molecule has 0 bridgehead atoms. The van der Waals surface area contributed by atoms with Gasteiger partial charge in [-0.2, -0.15) is 0 Å². The molecule has 16 aromatic rings. The first kappa shape index (κ1) is 107. The van der Waals surface area contributed by atoms with Crippen LogP contribution in [0.1, 0.15) is 42.5 Å². The zero-order valence-electron chi connectivity index (χ0n) is 77.7. The number of rotatable bonds is 33. The molecule has 0 saturated carbocycles. The summed E-state index contributed by atoms with van der Waals surface area (Å²) in [5, 5.41) is 3.32. The summed E-state index contributed by atoms with van der Waals surface area (Å²) in [7, 11) is -10.6. The van der Waals surface area contributed by atoms with E-state index in [1.54, 1.807) is 88.0 Å². The maximum absolute atomic E-state index is 14.3. The van der Waals surface area contributed by atoms with E-state index in [-0.39, 0.29) is 96.7 Å². The SMILES string of the molecule is CC(=O)CCCCOc1ncc(-c2ccc3ncc(Cl)c(=O)n3c2)cc1NS(=O)(=O)c1ccc(F)cc1F.CN(C)CCOc1ncc(-c2ccc3ncc(Cl)c(=O)n3c2)cc1NS(=O)(=O)c1ccc(F)cc1F.CNCCOc1ncc(-c2ccc3ncc(Cl)c(=O)n3c2)cc1NS(=O)(=O)c1ccc(F)cc1F.COc1ncc(-c2ccc3ncc(CN4CCOCC4)c(=O)n3c2)cc1NS(=O)(=O)c1sc(C)nc1C. The summed E-state index contributed by atoms with van der Waals surface area (Å²) in [6.45, 7) is 9.64. The average Bonchev–Trinajstić information content (AvgIpc) is 0.900. The van der Waals surface area contributed by atoms with Gasteiger partial charge in [0.1, 0.15) is 129 Å². The van der Waals surface area contributed by atoms with E-state index < -0.39 is 106 Å². The number of Topliss-reactive ketones (excluding diaryl/α,β-unsaturated/α-hetero) is 1. The second kappa shape index (κ2) is 46.7. The first-order valence-corrected chi connectivity index (χ1v) is 51.4. The molecule has 3 aromatic carbocycles. The van der Waals surface area contributed by atoms with Crippen LogP contribution < -0.4 is 65.4 Å². The summed E-state index contributed by atoms with van der Waals surface area (Å²) in [6, 6.07) is 25.5. The number of hydrogen-bond acceptors (Lipinski definition) is 31. The highest BCUT2D eigenvalue weighted by Crippen LogP contribution is 2.38. The van der Waals surface area contributed by atoms with Crippen molar-refractivity contribution in [3.05, 3.63) is 309 Å². The molecule has 14 heterocycles. The van der Waals surface area contributed by atoms with Gasteiger partial charge in [0.2, 0.25) is 23.5 Å². The molecule has 1 saturated heterocycles. The number of carbonyl (C=O) groups is 1. The Bertz CT molecular complexity index is 8460. The number of nitrogens with zero attached hydrogens (tertiary/aromatic N) is 15. The van der Waals surface area contributed by atoms with Crippen molar-refractivity contribution in [1.82, 2.24) is 77.6 Å². The number of methoxy groups -OCH3 is 1. The number of thiazole rings is 1. The number of anilines is 4. The highest BCUT2D eigenvalue weighted by Gasteiger charge is 2.30. The number of halogens is 9. The van der Waals surface area contributed by atoms with Crippen molar-refractivity contribution in [2.45, 2.75) is 65.5 Å². The molecule has 0 unspecified atom stereocenters. The Balaban J connectivity index is 0.000000154. The third-order valence-corrected chi connectivity index (χ3v) is 29.4. The average molecular weight is 2160 g/mol. The number of aryl methyl sites for hydroxylation is 2. The summed E-state index contributed by atoms with van der Waals surface area (Å²) in [5.74, 6) is -6.57. The first-order valence-electron chi connectivity index (χ1n) is 43.5. The van der Waals surface area contributed by atoms with Crippen molar-refractivity contribution >= 4 is 137 Å².